The minimum Gasteiger partial charge on any atom is -0.490 e. The van der Waals surface area contributed by atoms with E-state index in [1.165, 1.54) is 31.2 Å². The highest BCUT2D eigenvalue weighted by Gasteiger charge is 2.57. The van der Waals surface area contributed by atoms with E-state index in [-0.39, 0.29) is 0 Å². The molecule has 1 aromatic carbocycles. The molecule has 0 aliphatic heterocycles. The van der Waals surface area contributed by atoms with Gasteiger partial charge in [0.1, 0.15) is 11.9 Å². The third kappa shape index (κ3) is 2.20. The van der Waals surface area contributed by atoms with Gasteiger partial charge in [0, 0.05) is 5.41 Å². The Kier molecular flexibility index (Phi) is 2.65. The molecule has 2 fully saturated rings. The summed E-state index contributed by atoms with van der Waals surface area (Å²) >= 11 is 0. The van der Waals surface area contributed by atoms with Gasteiger partial charge in [-0.1, -0.05) is 26.0 Å². The maximum atomic E-state index is 6.09. The van der Waals surface area contributed by atoms with Crippen LogP contribution in [0.4, 0.5) is 0 Å². The fourth-order valence-corrected chi connectivity index (χ4v) is 2.93. The van der Waals surface area contributed by atoms with Crippen molar-refractivity contribution in [2.45, 2.75) is 52.1 Å². The van der Waals surface area contributed by atoms with Crippen LogP contribution in [0.15, 0.2) is 24.3 Å². The summed E-state index contributed by atoms with van der Waals surface area (Å²) < 4.78 is 6.09. The lowest BCUT2D eigenvalue weighted by Gasteiger charge is -2.37. The molecule has 0 aromatic heterocycles. The van der Waals surface area contributed by atoms with Gasteiger partial charge in [-0.15, -0.1) is 0 Å². The smallest absolute Gasteiger partial charge is 0.119 e. The number of ether oxygens (including phenoxy) is 1. The summed E-state index contributed by atoms with van der Waals surface area (Å²) in [5, 5.41) is 0. The van der Waals surface area contributed by atoms with E-state index in [4.69, 9.17) is 4.74 Å². The molecule has 1 spiro atoms. The van der Waals surface area contributed by atoms with Gasteiger partial charge in [0.25, 0.3) is 0 Å². The second-order valence-corrected chi connectivity index (χ2v) is 6.25. The number of hydrogen-bond acceptors (Lipinski definition) is 1. The van der Waals surface area contributed by atoms with Crippen LogP contribution in [0.2, 0.25) is 0 Å². The molecule has 2 saturated carbocycles. The molecule has 0 N–H and O–H groups in total. The highest BCUT2D eigenvalue weighted by molar-refractivity contribution is 5.28. The van der Waals surface area contributed by atoms with Crippen molar-refractivity contribution < 1.29 is 4.74 Å². The van der Waals surface area contributed by atoms with Gasteiger partial charge in [0.2, 0.25) is 0 Å². The van der Waals surface area contributed by atoms with Gasteiger partial charge in [-0.2, -0.15) is 0 Å². The monoisotopic (exact) mass is 230 g/mol. The Labute approximate surface area is 104 Å². The summed E-state index contributed by atoms with van der Waals surface area (Å²) in [6.07, 6.45) is 7.11. The first kappa shape index (κ1) is 11.1. The van der Waals surface area contributed by atoms with Crippen molar-refractivity contribution in [3.63, 3.8) is 0 Å². The minimum atomic E-state index is 0.512. The summed E-state index contributed by atoms with van der Waals surface area (Å²) in [6.45, 7) is 4.52. The fraction of sp³-hybridized carbons (Fsp3) is 0.625. The van der Waals surface area contributed by atoms with Gasteiger partial charge in [-0.25, -0.2) is 0 Å². The third-order valence-electron chi connectivity index (χ3n) is 4.33. The summed E-state index contributed by atoms with van der Waals surface area (Å²) in [4.78, 5) is 0. The summed E-state index contributed by atoms with van der Waals surface area (Å²) in [6, 6.07) is 8.72. The average Bonchev–Trinajstić information content (AvgIpc) is 3.08. The molecule has 0 amide bonds. The van der Waals surface area contributed by atoms with Crippen LogP contribution in [0.1, 0.15) is 45.1 Å². The average molecular weight is 230 g/mol. The Morgan fingerprint density at radius 2 is 1.88 bits per heavy atom. The predicted molar refractivity (Wildman–Crippen MR) is 70.3 cm³/mol. The summed E-state index contributed by atoms with van der Waals surface area (Å²) in [5.41, 5.74) is 2.03. The molecule has 1 nitrogen and oxygen atoms in total. The van der Waals surface area contributed by atoms with E-state index >= 15 is 0 Å². The lowest BCUT2D eigenvalue weighted by Crippen LogP contribution is -2.38. The van der Waals surface area contributed by atoms with Gasteiger partial charge in [-0.05, 0) is 55.7 Å². The van der Waals surface area contributed by atoms with Crippen LogP contribution in [-0.4, -0.2) is 6.10 Å². The first-order valence-electron chi connectivity index (χ1n) is 6.94. The van der Waals surface area contributed by atoms with Crippen molar-refractivity contribution in [2.75, 3.05) is 0 Å². The Morgan fingerprint density at radius 3 is 2.35 bits per heavy atom. The maximum absolute atomic E-state index is 6.09. The SMILES string of the molecule is CC(C)Cc1ccc(O[C@@H]2CCC23CC3)cc1. The second kappa shape index (κ2) is 4.04. The van der Waals surface area contributed by atoms with E-state index in [0.29, 0.717) is 11.5 Å². The maximum Gasteiger partial charge on any atom is 0.119 e. The molecule has 0 radical (unpaired) electrons. The zero-order chi connectivity index (χ0) is 11.9. The molecule has 1 heteroatoms. The molecule has 0 heterocycles. The van der Waals surface area contributed by atoms with E-state index in [2.05, 4.69) is 38.1 Å². The van der Waals surface area contributed by atoms with Gasteiger partial charge in [0.05, 0.1) is 0 Å². The minimum absolute atomic E-state index is 0.512. The molecule has 0 unspecified atom stereocenters. The Morgan fingerprint density at radius 1 is 1.18 bits per heavy atom. The number of hydrogen-bond donors (Lipinski definition) is 0. The van der Waals surface area contributed by atoms with Gasteiger partial charge in [-0.3, -0.25) is 0 Å². The third-order valence-corrected chi connectivity index (χ3v) is 4.33. The Balaban J connectivity index is 1.60. The van der Waals surface area contributed by atoms with Crippen molar-refractivity contribution >= 4 is 0 Å². The van der Waals surface area contributed by atoms with Gasteiger partial charge < -0.3 is 4.74 Å². The molecule has 3 rings (SSSR count). The van der Waals surface area contributed by atoms with Crippen molar-refractivity contribution in [3.05, 3.63) is 29.8 Å². The lowest BCUT2D eigenvalue weighted by molar-refractivity contribution is 0.0282. The molecule has 0 bridgehead atoms. The zero-order valence-corrected chi connectivity index (χ0v) is 10.9. The first-order valence-corrected chi connectivity index (χ1v) is 6.94. The van der Waals surface area contributed by atoms with Crippen LogP contribution in [0.25, 0.3) is 0 Å². The van der Waals surface area contributed by atoms with Gasteiger partial charge >= 0.3 is 0 Å². The standard InChI is InChI=1S/C16H22O/c1-12(2)11-13-3-5-14(6-4-13)17-15-7-8-16(15)9-10-16/h3-6,12,15H,7-11H2,1-2H3/t15-/m1/s1. The second-order valence-electron chi connectivity index (χ2n) is 6.25. The first-order chi connectivity index (χ1) is 8.18. The fourth-order valence-electron chi connectivity index (χ4n) is 2.93. The zero-order valence-electron chi connectivity index (χ0n) is 10.9. The normalized spacial score (nSPS) is 24.8. The molecular weight excluding hydrogens is 208 g/mol. The van der Waals surface area contributed by atoms with Crippen LogP contribution in [0, 0.1) is 11.3 Å². The Bertz CT molecular complexity index is 386. The van der Waals surface area contributed by atoms with Crippen LogP contribution in [-0.2, 0) is 6.42 Å². The largest absolute Gasteiger partial charge is 0.490 e. The topological polar surface area (TPSA) is 9.23 Å². The van der Waals surface area contributed by atoms with E-state index in [0.717, 1.165) is 18.1 Å². The molecule has 17 heavy (non-hydrogen) atoms. The molecule has 1 atom stereocenters. The van der Waals surface area contributed by atoms with Crippen LogP contribution in [0.3, 0.4) is 0 Å². The number of benzene rings is 1. The van der Waals surface area contributed by atoms with E-state index < -0.39 is 0 Å². The number of rotatable bonds is 4. The van der Waals surface area contributed by atoms with Crippen LogP contribution < -0.4 is 4.74 Å². The molecular formula is C16H22O. The lowest BCUT2D eigenvalue weighted by atomic mass is 9.78. The summed E-state index contributed by atoms with van der Waals surface area (Å²) in [5.74, 6) is 1.79. The highest BCUT2D eigenvalue weighted by Crippen LogP contribution is 2.61. The quantitative estimate of drug-likeness (QED) is 0.753. The molecule has 1 aromatic rings. The van der Waals surface area contributed by atoms with E-state index in [9.17, 15) is 0 Å². The highest BCUT2D eigenvalue weighted by atomic mass is 16.5. The molecule has 2 aliphatic rings. The Hall–Kier alpha value is -0.980. The predicted octanol–water partition coefficient (Wildman–Crippen LogP) is 4.21. The van der Waals surface area contributed by atoms with Crippen LogP contribution in [0.5, 0.6) is 5.75 Å². The molecule has 92 valence electrons. The van der Waals surface area contributed by atoms with Crippen molar-refractivity contribution in [2.24, 2.45) is 11.3 Å². The van der Waals surface area contributed by atoms with Gasteiger partial charge in [0.15, 0.2) is 0 Å². The molecule has 0 saturated heterocycles. The molecule has 2 aliphatic carbocycles. The van der Waals surface area contributed by atoms with E-state index in [1.54, 1.807) is 0 Å². The van der Waals surface area contributed by atoms with Crippen LogP contribution >= 0.6 is 0 Å². The van der Waals surface area contributed by atoms with E-state index in [1.807, 2.05) is 0 Å². The van der Waals surface area contributed by atoms with Crippen molar-refractivity contribution in [3.8, 4) is 5.75 Å². The summed E-state index contributed by atoms with van der Waals surface area (Å²) in [7, 11) is 0. The van der Waals surface area contributed by atoms with Crippen molar-refractivity contribution in [1.29, 1.82) is 0 Å². The van der Waals surface area contributed by atoms with Crippen molar-refractivity contribution in [1.82, 2.24) is 0 Å².